The second-order valence-corrected chi connectivity index (χ2v) is 4.21. The molecule has 1 aliphatic rings. The van der Waals surface area contributed by atoms with Crippen LogP contribution in [-0.4, -0.2) is 33.8 Å². The standard InChI is InChI=1S/C10H17N5O/c1-15-7-13-14-9(15)5-12-10(16)6-11-4-8-2-3-8/h7-8,11H,2-6H2,1H3,(H,12,16). The Morgan fingerprint density at radius 2 is 2.44 bits per heavy atom. The van der Waals surface area contributed by atoms with Crippen LogP contribution in [0.3, 0.4) is 0 Å². The minimum absolute atomic E-state index is 0.00338. The summed E-state index contributed by atoms with van der Waals surface area (Å²) in [5.41, 5.74) is 0. The second-order valence-electron chi connectivity index (χ2n) is 4.21. The lowest BCUT2D eigenvalue weighted by Crippen LogP contribution is -2.34. The summed E-state index contributed by atoms with van der Waals surface area (Å²) in [5, 5.41) is 13.6. The molecule has 1 amide bonds. The van der Waals surface area contributed by atoms with E-state index >= 15 is 0 Å². The summed E-state index contributed by atoms with van der Waals surface area (Å²) in [5.74, 6) is 1.56. The van der Waals surface area contributed by atoms with E-state index in [1.54, 1.807) is 10.9 Å². The zero-order chi connectivity index (χ0) is 11.4. The first-order valence-electron chi connectivity index (χ1n) is 5.56. The highest BCUT2D eigenvalue weighted by atomic mass is 16.1. The molecule has 0 aromatic carbocycles. The monoisotopic (exact) mass is 223 g/mol. The summed E-state index contributed by atoms with van der Waals surface area (Å²) in [6, 6.07) is 0. The van der Waals surface area contributed by atoms with E-state index in [9.17, 15) is 4.79 Å². The van der Waals surface area contributed by atoms with Crippen molar-refractivity contribution < 1.29 is 4.79 Å². The molecule has 1 aromatic heterocycles. The number of hydrogen-bond donors (Lipinski definition) is 2. The number of nitrogens with zero attached hydrogens (tertiary/aromatic N) is 3. The molecule has 0 unspecified atom stereocenters. The van der Waals surface area contributed by atoms with Crippen LogP contribution in [0.5, 0.6) is 0 Å². The SMILES string of the molecule is Cn1cnnc1CNC(=O)CNCC1CC1. The van der Waals surface area contributed by atoms with Crippen LogP contribution in [0.1, 0.15) is 18.7 Å². The third kappa shape index (κ3) is 3.30. The van der Waals surface area contributed by atoms with Crippen molar-refractivity contribution in [2.24, 2.45) is 13.0 Å². The van der Waals surface area contributed by atoms with Gasteiger partial charge in [-0.15, -0.1) is 10.2 Å². The Balaban J connectivity index is 1.61. The Morgan fingerprint density at radius 3 is 3.06 bits per heavy atom. The van der Waals surface area contributed by atoms with Gasteiger partial charge in [0, 0.05) is 7.05 Å². The first-order chi connectivity index (χ1) is 7.75. The van der Waals surface area contributed by atoms with Crippen LogP contribution < -0.4 is 10.6 Å². The molecule has 0 bridgehead atoms. The summed E-state index contributed by atoms with van der Waals surface area (Å²) in [7, 11) is 1.85. The molecule has 1 heterocycles. The molecule has 1 saturated carbocycles. The zero-order valence-corrected chi connectivity index (χ0v) is 9.44. The summed E-state index contributed by atoms with van der Waals surface area (Å²) in [6.45, 7) is 1.77. The van der Waals surface area contributed by atoms with E-state index in [1.165, 1.54) is 12.8 Å². The Labute approximate surface area is 94.4 Å². The highest BCUT2D eigenvalue weighted by Crippen LogP contribution is 2.27. The molecular formula is C10H17N5O. The Hall–Kier alpha value is -1.43. The lowest BCUT2D eigenvalue weighted by molar-refractivity contribution is -0.120. The highest BCUT2D eigenvalue weighted by molar-refractivity contribution is 5.77. The lowest BCUT2D eigenvalue weighted by Gasteiger charge is -2.05. The maximum Gasteiger partial charge on any atom is 0.234 e. The van der Waals surface area contributed by atoms with Gasteiger partial charge in [-0.25, -0.2) is 0 Å². The van der Waals surface area contributed by atoms with E-state index in [2.05, 4.69) is 20.8 Å². The van der Waals surface area contributed by atoms with Crippen LogP contribution in [0.4, 0.5) is 0 Å². The van der Waals surface area contributed by atoms with Crippen LogP contribution in [0.25, 0.3) is 0 Å². The number of aryl methyl sites for hydroxylation is 1. The summed E-state index contributed by atoms with van der Waals surface area (Å²) >= 11 is 0. The topological polar surface area (TPSA) is 71.8 Å². The number of rotatable bonds is 6. The molecule has 2 rings (SSSR count). The molecule has 88 valence electrons. The molecule has 0 radical (unpaired) electrons. The van der Waals surface area contributed by atoms with Gasteiger partial charge < -0.3 is 15.2 Å². The molecule has 6 heteroatoms. The van der Waals surface area contributed by atoms with E-state index in [4.69, 9.17) is 0 Å². The van der Waals surface area contributed by atoms with E-state index in [-0.39, 0.29) is 5.91 Å². The normalized spacial score (nSPS) is 15.1. The van der Waals surface area contributed by atoms with Gasteiger partial charge in [0.05, 0.1) is 13.1 Å². The van der Waals surface area contributed by atoms with E-state index in [0.29, 0.717) is 13.1 Å². The Kier molecular flexibility index (Phi) is 3.51. The highest BCUT2D eigenvalue weighted by Gasteiger charge is 2.20. The molecular weight excluding hydrogens is 206 g/mol. The molecule has 2 N–H and O–H groups in total. The Morgan fingerprint density at radius 1 is 1.62 bits per heavy atom. The van der Waals surface area contributed by atoms with Gasteiger partial charge >= 0.3 is 0 Å². The minimum atomic E-state index is 0.00338. The summed E-state index contributed by atoms with van der Waals surface area (Å²) < 4.78 is 1.79. The maximum atomic E-state index is 11.4. The molecule has 1 aromatic rings. The van der Waals surface area contributed by atoms with Crippen LogP contribution >= 0.6 is 0 Å². The molecule has 0 atom stereocenters. The predicted molar refractivity (Wildman–Crippen MR) is 58.4 cm³/mol. The van der Waals surface area contributed by atoms with Crippen LogP contribution in [-0.2, 0) is 18.4 Å². The molecule has 0 saturated heterocycles. The van der Waals surface area contributed by atoms with Crippen LogP contribution in [0, 0.1) is 5.92 Å². The van der Waals surface area contributed by atoms with E-state index in [1.807, 2.05) is 7.05 Å². The van der Waals surface area contributed by atoms with Gasteiger partial charge in [0.1, 0.15) is 6.33 Å². The number of aromatic nitrogens is 3. The molecule has 16 heavy (non-hydrogen) atoms. The predicted octanol–water partition coefficient (Wildman–Crippen LogP) is -0.569. The van der Waals surface area contributed by atoms with Crippen molar-refractivity contribution in [2.75, 3.05) is 13.1 Å². The fraction of sp³-hybridized carbons (Fsp3) is 0.700. The van der Waals surface area contributed by atoms with Crippen molar-refractivity contribution in [2.45, 2.75) is 19.4 Å². The van der Waals surface area contributed by atoms with Crippen molar-refractivity contribution in [3.05, 3.63) is 12.2 Å². The fourth-order valence-electron chi connectivity index (χ4n) is 1.42. The van der Waals surface area contributed by atoms with Crippen molar-refractivity contribution in [1.82, 2.24) is 25.4 Å². The second kappa shape index (κ2) is 5.07. The largest absolute Gasteiger partial charge is 0.348 e. The molecule has 6 nitrogen and oxygen atoms in total. The molecule has 1 aliphatic carbocycles. The lowest BCUT2D eigenvalue weighted by atomic mass is 10.4. The number of nitrogens with one attached hydrogen (secondary N) is 2. The number of amides is 1. The van der Waals surface area contributed by atoms with Crippen LogP contribution in [0.15, 0.2) is 6.33 Å². The van der Waals surface area contributed by atoms with Gasteiger partial charge in [-0.05, 0) is 25.3 Å². The van der Waals surface area contributed by atoms with Gasteiger partial charge in [0.25, 0.3) is 0 Å². The maximum absolute atomic E-state index is 11.4. The van der Waals surface area contributed by atoms with Crippen molar-refractivity contribution in [1.29, 1.82) is 0 Å². The van der Waals surface area contributed by atoms with Gasteiger partial charge in [-0.2, -0.15) is 0 Å². The Bertz CT molecular complexity index is 358. The number of carbonyl (C=O) groups excluding carboxylic acids is 1. The van der Waals surface area contributed by atoms with Gasteiger partial charge in [-0.1, -0.05) is 0 Å². The smallest absolute Gasteiger partial charge is 0.234 e. The first-order valence-corrected chi connectivity index (χ1v) is 5.56. The average molecular weight is 223 g/mol. The van der Waals surface area contributed by atoms with Crippen LogP contribution in [0.2, 0.25) is 0 Å². The molecule has 0 spiro atoms. The van der Waals surface area contributed by atoms with Crippen molar-refractivity contribution >= 4 is 5.91 Å². The van der Waals surface area contributed by atoms with Crippen molar-refractivity contribution in [3.8, 4) is 0 Å². The first kappa shape index (κ1) is 11.1. The quantitative estimate of drug-likeness (QED) is 0.677. The third-order valence-corrected chi connectivity index (χ3v) is 2.66. The number of hydrogen-bond acceptors (Lipinski definition) is 4. The van der Waals surface area contributed by atoms with Gasteiger partial charge in [0.15, 0.2) is 5.82 Å². The molecule has 0 aliphatic heterocycles. The van der Waals surface area contributed by atoms with Gasteiger partial charge in [0.2, 0.25) is 5.91 Å². The minimum Gasteiger partial charge on any atom is -0.348 e. The summed E-state index contributed by atoms with van der Waals surface area (Å²) in [6.07, 6.45) is 4.22. The zero-order valence-electron chi connectivity index (χ0n) is 9.44. The van der Waals surface area contributed by atoms with E-state index in [0.717, 1.165) is 18.3 Å². The fourth-order valence-corrected chi connectivity index (χ4v) is 1.42. The summed E-state index contributed by atoms with van der Waals surface area (Å²) in [4.78, 5) is 11.4. The van der Waals surface area contributed by atoms with Crippen molar-refractivity contribution in [3.63, 3.8) is 0 Å². The number of carbonyl (C=O) groups is 1. The van der Waals surface area contributed by atoms with Gasteiger partial charge in [-0.3, -0.25) is 4.79 Å². The van der Waals surface area contributed by atoms with E-state index < -0.39 is 0 Å². The average Bonchev–Trinajstić information content (AvgIpc) is 2.99. The molecule has 1 fully saturated rings. The third-order valence-electron chi connectivity index (χ3n) is 2.66.